The van der Waals surface area contributed by atoms with Crippen molar-refractivity contribution in [2.24, 2.45) is 0 Å². The SMILES string of the molecule is c1ccc(-n2c3ccccc3c3cc(-c4c5ccccc5c(-c5ccc6oc7cc8ccoc8cc7c6c5)c5ccccc45)ccc32)cc1. The standard InChI is InChI=1S/C46H27NO2/c1-2-10-31(11-3-1)47-40-17-9-8-12-32(40)37-24-29(18-20-41(37)47)45-33-13-4-6-15-35(33)46(36-16-7-5-14-34(36)45)30-19-21-42-38(25-30)39-27-43-28(22-23-48-43)26-44(39)49-42/h1-27H. The van der Waals surface area contributed by atoms with E-state index in [9.17, 15) is 0 Å². The number of rotatable bonds is 3. The van der Waals surface area contributed by atoms with E-state index in [1.165, 1.54) is 60.0 Å². The topological polar surface area (TPSA) is 31.2 Å². The minimum Gasteiger partial charge on any atom is -0.464 e. The molecule has 3 heteroatoms. The molecule has 228 valence electrons. The molecule has 0 saturated heterocycles. The molecule has 11 rings (SSSR count). The third kappa shape index (κ3) is 3.78. The fourth-order valence-corrected chi connectivity index (χ4v) is 8.12. The van der Waals surface area contributed by atoms with Crippen LogP contribution in [0.15, 0.2) is 173 Å². The lowest BCUT2D eigenvalue weighted by Gasteiger charge is -2.18. The van der Waals surface area contributed by atoms with Crippen molar-refractivity contribution < 1.29 is 8.83 Å². The second-order valence-electron chi connectivity index (χ2n) is 12.9. The molecular formula is C46H27NO2. The van der Waals surface area contributed by atoms with Crippen molar-refractivity contribution in [3.8, 4) is 27.9 Å². The lowest BCUT2D eigenvalue weighted by Crippen LogP contribution is -1.93. The summed E-state index contributed by atoms with van der Waals surface area (Å²) in [5.74, 6) is 0. The van der Waals surface area contributed by atoms with Crippen molar-refractivity contribution in [2.75, 3.05) is 0 Å². The predicted molar refractivity (Wildman–Crippen MR) is 204 cm³/mol. The summed E-state index contributed by atoms with van der Waals surface area (Å²) in [6.07, 6.45) is 1.73. The van der Waals surface area contributed by atoms with Crippen LogP contribution >= 0.6 is 0 Å². The molecule has 0 saturated carbocycles. The van der Waals surface area contributed by atoms with Gasteiger partial charge in [0, 0.05) is 32.6 Å². The van der Waals surface area contributed by atoms with Gasteiger partial charge in [0.15, 0.2) is 0 Å². The normalized spacial score (nSPS) is 12.1. The summed E-state index contributed by atoms with van der Waals surface area (Å²) in [7, 11) is 0. The van der Waals surface area contributed by atoms with E-state index in [-0.39, 0.29) is 0 Å². The molecule has 0 fully saturated rings. The van der Waals surface area contributed by atoms with Gasteiger partial charge in [0.2, 0.25) is 0 Å². The quantitative estimate of drug-likeness (QED) is 0.183. The van der Waals surface area contributed by atoms with Crippen LogP contribution in [0.3, 0.4) is 0 Å². The molecule has 3 aromatic heterocycles. The van der Waals surface area contributed by atoms with E-state index in [0.29, 0.717) is 0 Å². The van der Waals surface area contributed by atoms with E-state index in [1.54, 1.807) is 6.26 Å². The van der Waals surface area contributed by atoms with Crippen LogP contribution in [0.4, 0.5) is 0 Å². The summed E-state index contributed by atoms with van der Waals surface area (Å²) in [6, 6.07) is 56.8. The Labute approximate surface area is 280 Å². The lowest BCUT2D eigenvalue weighted by atomic mass is 9.85. The Balaban J connectivity index is 1.19. The van der Waals surface area contributed by atoms with E-state index >= 15 is 0 Å². The van der Waals surface area contributed by atoms with Gasteiger partial charge in [-0.1, -0.05) is 97.1 Å². The molecule has 3 nitrogen and oxygen atoms in total. The van der Waals surface area contributed by atoms with Crippen molar-refractivity contribution in [3.05, 3.63) is 164 Å². The van der Waals surface area contributed by atoms with Crippen LogP contribution in [-0.4, -0.2) is 4.57 Å². The average molecular weight is 626 g/mol. The third-order valence-electron chi connectivity index (χ3n) is 10.2. The van der Waals surface area contributed by atoms with Gasteiger partial charge in [0.1, 0.15) is 16.7 Å². The van der Waals surface area contributed by atoms with Crippen molar-refractivity contribution >= 4 is 76.3 Å². The maximum atomic E-state index is 6.32. The van der Waals surface area contributed by atoms with Crippen LogP contribution in [0.1, 0.15) is 0 Å². The summed E-state index contributed by atoms with van der Waals surface area (Å²) in [5, 5.41) is 10.6. The molecule has 0 bridgehead atoms. The highest BCUT2D eigenvalue weighted by atomic mass is 16.3. The molecule has 0 aliphatic carbocycles. The molecule has 0 aliphatic heterocycles. The number of para-hydroxylation sites is 2. The van der Waals surface area contributed by atoms with Gasteiger partial charge >= 0.3 is 0 Å². The molecule has 0 amide bonds. The number of hydrogen-bond acceptors (Lipinski definition) is 2. The summed E-state index contributed by atoms with van der Waals surface area (Å²) < 4.78 is 14.5. The molecule has 3 heterocycles. The van der Waals surface area contributed by atoms with Crippen molar-refractivity contribution in [2.45, 2.75) is 0 Å². The Bertz CT molecular complexity index is 3050. The monoisotopic (exact) mass is 625 g/mol. The van der Waals surface area contributed by atoms with Crippen molar-refractivity contribution in [1.29, 1.82) is 0 Å². The van der Waals surface area contributed by atoms with Gasteiger partial charge in [-0.2, -0.15) is 0 Å². The molecule has 0 aliphatic rings. The van der Waals surface area contributed by atoms with Crippen LogP contribution in [0.2, 0.25) is 0 Å². The van der Waals surface area contributed by atoms with Crippen molar-refractivity contribution in [3.63, 3.8) is 0 Å². The van der Waals surface area contributed by atoms with Gasteiger partial charge in [-0.25, -0.2) is 0 Å². The zero-order valence-corrected chi connectivity index (χ0v) is 26.4. The first-order valence-corrected chi connectivity index (χ1v) is 16.7. The highest BCUT2D eigenvalue weighted by Crippen LogP contribution is 2.46. The maximum Gasteiger partial charge on any atom is 0.136 e. The minimum absolute atomic E-state index is 0.865. The predicted octanol–water partition coefficient (Wildman–Crippen LogP) is 13.1. The number of fused-ring (bicyclic) bond motifs is 9. The molecule has 0 N–H and O–H groups in total. The molecule has 49 heavy (non-hydrogen) atoms. The maximum absolute atomic E-state index is 6.32. The Morgan fingerprint density at radius 2 is 0.939 bits per heavy atom. The summed E-state index contributed by atoms with van der Waals surface area (Å²) in [6.45, 7) is 0. The van der Waals surface area contributed by atoms with Crippen LogP contribution in [0, 0.1) is 0 Å². The molecule has 0 spiro atoms. The second kappa shape index (κ2) is 9.96. The van der Waals surface area contributed by atoms with Crippen LogP contribution in [0.5, 0.6) is 0 Å². The lowest BCUT2D eigenvalue weighted by molar-refractivity contribution is 0.616. The fraction of sp³-hybridized carbons (Fsp3) is 0. The number of furan rings is 2. The van der Waals surface area contributed by atoms with Gasteiger partial charge < -0.3 is 13.4 Å². The fourth-order valence-electron chi connectivity index (χ4n) is 8.12. The molecule has 11 aromatic rings. The zero-order valence-electron chi connectivity index (χ0n) is 26.4. The van der Waals surface area contributed by atoms with Crippen LogP contribution < -0.4 is 0 Å². The number of benzene rings is 8. The summed E-state index contributed by atoms with van der Waals surface area (Å²) >= 11 is 0. The molecule has 0 atom stereocenters. The zero-order chi connectivity index (χ0) is 32.1. The molecule has 8 aromatic carbocycles. The molecule has 0 radical (unpaired) electrons. The highest BCUT2D eigenvalue weighted by Gasteiger charge is 2.20. The van der Waals surface area contributed by atoms with E-state index in [0.717, 1.165) is 44.2 Å². The van der Waals surface area contributed by atoms with E-state index in [4.69, 9.17) is 8.83 Å². The van der Waals surface area contributed by atoms with E-state index in [2.05, 4.69) is 156 Å². The average Bonchev–Trinajstić information content (AvgIpc) is 3.86. The largest absolute Gasteiger partial charge is 0.464 e. The van der Waals surface area contributed by atoms with E-state index in [1.807, 2.05) is 6.07 Å². The van der Waals surface area contributed by atoms with Gasteiger partial charge in [0.05, 0.1) is 17.3 Å². The van der Waals surface area contributed by atoms with Gasteiger partial charge in [0.25, 0.3) is 0 Å². The van der Waals surface area contributed by atoms with Gasteiger partial charge in [-0.05, 0) is 104 Å². The first-order valence-electron chi connectivity index (χ1n) is 16.7. The second-order valence-corrected chi connectivity index (χ2v) is 12.9. The number of hydrogen-bond donors (Lipinski definition) is 0. The Kier molecular flexibility index (Phi) is 5.38. The van der Waals surface area contributed by atoms with E-state index < -0.39 is 0 Å². The molecular weight excluding hydrogens is 599 g/mol. The molecule has 0 unspecified atom stereocenters. The van der Waals surface area contributed by atoms with Gasteiger partial charge in [-0.15, -0.1) is 0 Å². The smallest absolute Gasteiger partial charge is 0.136 e. The minimum atomic E-state index is 0.865. The Morgan fingerprint density at radius 3 is 1.65 bits per heavy atom. The number of nitrogens with zero attached hydrogens (tertiary/aromatic N) is 1. The highest BCUT2D eigenvalue weighted by molar-refractivity contribution is 6.23. The van der Waals surface area contributed by atoms with Crippen molar-refractivity contribution in [1.82, 2.24) is 4.57 Å². The van der Waals surface area contributed by atoms with Gasteiger partial charge in [-0.3, -0.25) is 0 Å². The number of aromatic nitrogens is 1. The Hall–Kier alpha value is -6.58. The first-order chi connectivity index (χ1) is 24.3. The first kappa shape index (κ1) is 26.5. The summed E-state index contributed by atoms with van der Waals surface area (Å²) in [4.78, 5) is 0. The Morgan fingerprint density at radius 1 is 0.367 bits per heavy atom. The summed E-state index contributed by atoms with van der Waals surface area (Å²) in [5.41, 5.74) is 11.0. The third-order valence-corrected chi connectivity index (χ3v) is 10.2. The van der Waals surface area contributed by atoms with Crippen LogP contribution in [0.25, 0.3) is 104 Å². The van der Waals surface area contributed by atoms with Crippen LogP contribution in [-0.2, 0) is 0 Å².